The molecular weight excluding hydrogens is 494 g/mol. The fraction of sp³-hybridized carbons (Fsp3) is 0.433. The minimum absolute atomic E-state index is 0.0523. The Morgan fingerprint density at radius 2 is 1.74 bits per heavy atom. The summed E-state index contributed by atoms with van der Waals surface area (Å²) in [4.78, 5) is 56.2. The molecule has 1 aromatic carbocycles. The quantitative estimate of drug-likeness (QED) is 0.308. The number of nitrogens with one attached hydrogen (secondary N) is 2. The van der Waals surface area contributed by atoms with Gasteiger partial charge in [0.1, 0.15) is 29.5 Å². The summed E-state index contributed by atoms with van der Waals surface area (Å²) in [5.41, 5.74) is 3.36. The molecule has 0 fully saturated rings. The second-order valence-corrected chi connectivity index (χ2v) is 12.0. The number of pyridine rings is 1. The maximum absolute atomic E-state index is 13.5. The van der Waals surface area contributed by atoms with Crippen molar-refractivity contribution >= 4 is 35.5 Å². The Kier molecular flexibility index (Phi) is 7.38. The Labute approximate surface area is 229 Å². The van der Waals surface area contributed by atoms with Crippen LogP contribution in [0.3, 0.4) is 0 Å². The van der Waals surface area contributed by atoms with E-state index < -0.39 is 23.8 Å². The number of carbonyl (C=O) groups is 4. The van der Waals surface area contributed by atoms with Crippen LogP contribution in [0.4, 0.5) is 5.82 Å². The Morgan fingerprint density at radius 1 is 1.05 bits per heavy atom. The minimum Gasteiger partial charge on any atom is -0.364 e. The monoisotopic (exact) mass is 531 g/mol. The summed E-state index contributed by atoms with van der Waals surface area (Å²) in [7, 11) is 1.44. The van der Waals surface area contributed by atoms with Gasteiger partial charge in [-0.25, -0.2) is 4.98 Å². The summed E-state index contributed by atoms with van der Waals surface area (Å²) < 4.78 is 2.06. The van der Waals surface area contributed by atoms with Crippen LogP contribution in [-0.4, -0.2) is 56.9 Å². The van der Waals surface area contributed by atoms with Gasteiger partial charge in [-0.15, -0.1) is 0 Å². The third kappa shape index (κ3) is 5.44. The summed E-state index contributed by atoms with van der Waals surface area (Å²) in [5.74, 6) is -0.787. The van der Waals surface area contributed by atoms with Crippen LogP contribution in [0.15, 0.2) is 36.4 Å². The molecule has 3 aromatic rings. The van der Waals surface area contributed by atoms with Crippen molar-refractivity contribution in [1.29, 1.82) is 0 Å². The number of nitrogens with zero attached hydrogens (tertiary/aromatic N) is 3. The van der Waals surface area contributed by atoms with E-state index in [0.717, 1.165) is 28.5 Å². The van der Waals surface area contributed by atoms with E-state index in [1.807, 2.05) is 25.1 Å². The number of fused-ring (bicyclic) bond motifs is 2. The Bertz CT molecular complexity index is 1460. The number of aldehydes is 1. The van der Waals surface area contributed by atoms with Crippen molar-refractivity contribution in [3.63, 3.8) is 0 Å². The summed E-state index contributed by atoms with van der Waals surface area (Å²) >= 11 is 0. The molecule has 2 aromatic heterocycles. The Balaban J connectivity index is 1.81. The van der Waals surface area contributed by atoms with Crippen molar-refractivity contribution in [2.45, 2.75) is 72.4 Å². The standard InChI is InChI=1S/C30H37N5O4/c1-18-10-8-12-23-32-24(25(34(18)23)33-30(5,6)17-29(2,3)4)19-13-14-20-21(16-19)28(39)35(27(20)38)22(11-9-15-36)26(37)31-7/h8,10,12-16,22,33H,9,11,17H2,1-7H3,(H,31,37). The SMILES string of the molecule is CNC(=O)C(CCC=O)N1C(=O)c2ccc(-c3nc4cccc(C)n4c3NC(C)(C)CC(C)(C)C)cc2C1=O. The van der Waals surface area contributed by atoms with E-state index in [1.54, 1.807) is 18.2 Å². The molecule has 0 bridgehead atoms. The zero-order valence-corrected chi connectivity index (χ0v) is 23.7. The Hall–Kier alpha value is -4.01. The number of anilines is 1. The maximum Gasteiger partial charge on any atom is 0.262 e. The molecule has 1 atom stereocenters. The van der Waals surface area contributed by atoms with Crippen LogP contribution in [0, 0.1) is 12.3 Å². The van der Waals surface area contributed by atoms with Gasteiger partial charge in [0.15, 0.2) is 0 Å². The highest BCUT2D eigenvalue weighted by atomic mass is 16.2. The number of carbonyl (C=O) groups excluding carboxylic acids is 4. The molecular formula is C30H37N5O4. The van der Waals surface area contributed by atoms with Gasteiger partial charge in [-0.3, -0.25) is 23.7 Å². The largest absolute Gasteiger partial charge is 0.364 e. The molecule has 1 unspecified atom stereocenters. The van der Waals surface area contributed by atoms with E-state index in [-0.39, 0.29) is 34.9 Å². The third-order valence-corrected chi connectivity index (χ3v) is 6.88. The second kappa shape index (κ2) is 10.3. The van der Waals surface area contributed by atoms with Crippen molar-refractivity contribution in [2.75, 3.05) is 12.4 Å². The fourth-order valence-electron chi connectivity index (χ4n) is 5.72. The maximum atomic E-state index is 13.5. The van der Waals surface area contributed by atoms with Crippen molar-refractivity contribution in [3.05, 3.63) is 53.2 Å². The molecule has 206 valence electrons. The first-order chi connectivity index (χ1) is 18.3. The van der Waals surface area contributed by atoms with Crippen molar-refractivity contribution in [2.24, 2.45) is 5.41 Å². The molecule has 0 radical (unpaired) electrons. The highest BCUT2D eigenvalue weighted by Gasteiger charge is 2.42. The van der Waals surface area contributed by atoms with Gasteiger partial charge < -0.3 is 15.4 Å². The second-order valence-electron chi connectivity index (χ2n) is 12.0. The summed E-state index contributed by atoms with van der Waals surface area (Å²) in [5, 5.41) is 6.22. The van der Waals surface area contributed by atoms with Gasteiger partial charge in [0.05, 0.1) is 11.1 Å². The number of amides is 3. The normalized spacial score (nSPS) is 14.5. The van der Waals surface area contributed by atoms with E-state index in [9.17, 15) is 19.2 Å². The average Bonchev–Trinajstić information content (AvgIpc) is 3.33. The number of aryl methyl sites for hydroxylation is 1. The minimum atomic E-state index is -1.07. The number of aromatic nitrogens is 2. The molecule has 9 nitrogen and oxygen atoms in total. The smallest absolute Gasteiger partial charge is 0.262 e. The van der Waals surface area contributed by atoms with Gasteiger partial charge >= 0.3 is 0 Å². The topological polar surface area (TPSA) is 113 Å². The summed E-state index contributed by atoms with van der Waals surface area (Å²) in [6.07, 6.45) is 1.68. The first kappa shape index (κ1) is 28.0. The van der Waals surface area contributed by atoms with Crippen LogP contribution in [0.2, 0.25) is 0 Å². The molecule has 39 heavy (non-hydrogen) atoms. The van der Waals surface area contributed by atoms with Gasteiger partial charge in [-0.2, -0.15) is 0 Å². The molecule has 2 N–H and O–H groups in total. The number of benzene rings is 1. The summed E-state index contributed by atoms with van der Waals surface area (Å²) in [6.45, 7) is 12.9. The average molecular weight is 532 g/mol. The van der Waals surface area contributed by atoms with E-state index in [0.29, 0.717) is 17.5 Å². The molecule has 0 spiro atoms. The van der Waals surface area contributed by atoms with Crippen LogP contribution in [-0.2, 0) is 9.59 Å². The van der Waals surface area contributed by atoms with E-state index in [1.165, 1.54) is 7.05 Å². The molecule has 3 amide bonds. The van der Waals surface area contributed by atoms with Crippen LogP contribution < -0.4 is 10.6 Å². The van der Waals surface area contributed by atoms with E-state index in [2.05, 4.69) is 49.7 Å². The number of rotatable bonds is 9. The number of imide groups is 1. The molecule has 0 saturated heterocycles. The lowest BCUT2D eigenvalue weighted by molar-refractivity contribution is -0.124. The van der Waals surface area contributed by atoms with Gasteiger partial charge in [0.25, 0.3) is 11.8 Å². The lowest BCUT2D eigenvalue weighted by Gasteiger charge is -2.34. The van der Waals surface area contributed by atoms with Crippen LogP contribution in [0.1, 0.15) is 80.3 Å². The number of hydrogen-bond donors (Lipinski definition) is 2. The first-order valence-electron chi connectivity index (χ1n) is 13.2. The van der Waals surface area contributed by atoms with Crippen molar-refractivity contribution in [1.82, 2.24) is 19.6 Å². The molecule has 1 aliphatic heterocycles. The van der Waals surface area contributed by atoms with Crippen LogP contribution in [0.5, 0.6) is 0 Å². The lowest BCUT2D eigenvalue weighted by Crippen LogP contribution is -2.48. The van der Waals surface area contributed by atoms with E-state index >= 15 is 0 Å². The molecule has 3 heterocycles. The molecule has 0 aliphatic carbocycles. The fourth-order valence-corrected chi connectivity index (χ4v) is 5.72. The molecule has 1 aliphatic rings. The van der Waals surface area contributed by atoms with Crippen molar-refractivity contribution < 1.29 is 19.2 Å². The van der Waals surface area contributed by atoms with Crippen LogP contribution in [0.25, 0.3) is 16.9 Å². The zero-order valence-electron chi connectivity index (χ0n) is 23.7. The number of imidazole rings is 1. The lowest BCUT2D eigenvalue weighted by atomic mass is 9.82. The van der Waals surface area contributed by atoms with Gasteiger partial charge in [0.2, 0.25) is 5.91 Å². The third-order valence-electron chi connectivity index (χ3n) is 6.88. The zero-order chi connectivity index (χ0) is 28.7. The number of hydrogen-bond acceptors (Lipinski definition) is 6. The predicted octanol–water partition coefficient (Wildman–Crippen LogP) is 4.63. The van der Waals surface area contributed by atoms with Gasteiger partial charge in [-0.05, 0) is 63.3 Å². The number of likely N-dealkylation sites (N-methyl/N-ethyl adjacent to an activating group) is 1. The highest BCUT2D eigenvalue weighted by Crippen LogP contribution is 2.37. The van der Waals surface area contributed by atoms with E-state index in [4.69, 9.17) is 4.98 Å². The molecule has 9 heteroatoms. The Morgan fingerprint density at radius 3 is 2.38 bits per heavy atom. The van der Waals surface area contributed by atoms with Gasteiger partial charge in [0, 0.05) is 30.3 Å². The molecule has 0 saturated carbocycles. The van der Waals surface area contributed by atoms with Crippen molar-refractivity contribution in [3.8, 4) is 11.3 Å². The predicted molar refractivity (Wildman–Crippen MR) is 151 cm³/mol. The highest BCUT2D eigenvalue weighted by molar-refractivity contribution is 6.23. The molecule has 4 rings (SSSR count). The summed E-state index contributed by atoms with van der Waals surface area (Å²) in [6, 6.07) is 9.91. The first-order valence-corrected chi connectivity index (χ1v) is 13.2. The van der Waals surface area contributed by atoms with Gasteiger partial charge in [-0.1, -0.05) is 32.9 Å². The van der Waals surface area contributed by atoms with Crippen LogP contribution >= 0.6 is 0 Å².